The molecular weight excluding hydrogens is 230 g/mol. The van der Waals surface area contributed by atoms with Gasteiger partial charge in [-0.15, -0.1) is 0 Å². The summed E-state index contributed by atoms with van der Waals surface area (Å²) in [5.41, 5.74) is 0.0870. The minimum atomic E-state index is -1.02. The Kier molecular flexibility index (Phi) is 2.83. The van der Waals surface area contributed by atoms with Crippen LogP contribution >= 0.6 is 11.6 Å². The van der Waals surface area contributed by atoms with E-state index in [0.29, 0.717) is 16.5 Å². The second-order valence-corrected chi connectivity index (χ2v) is 3.55. The Morgan fingerprint density at radius 3 is 2.50 bits per heavy atom. The maximum Gasteiger partial charge on any atom is 0.352 e. The molecule has 0 aliphatic rings. The third kappa shape index (κ3) is 2.35. The number of hydrogen-bond donors (Lipinski definition) is 2. The monoisotopic (exact) mass is 237 g/mol. The number of carboxylic acid groups (broad SMARTS) is 1. The van der Waals surface area contributed by atoms with Crippen LogP contribution in [0.15, 0.2) is 36.5 Å². The van der Waals surface area contributed by atoms with Crippen molar-refractivity contribution in [1.29, 1.82) is 0 Å². The van der Waals surface area contributed by atoms with Gasteiger partial charge in [0.1, 0.15) is 17.2 Å². The van der Waals surface area contributed by atoms with E-state index in [1.165, 1.54) is 12.3 Å². The molecule has 2 aromatic rings. The molecule has 0 bridgehead atoms. The lowest BCUT2D eigenvalue weighted by Crippen LogP contribution is -1.94. The second kappa shape index (κ2) is 4.28. The summed E-state index contributed by atoms with van der Waals surface area (Å²) in [7, 11) is 0. The summed E-state index contributed by atoms with van der Waals surface area (Å²) in [5, 5.41) is 9.31. The fourth-order valence-corrected chi connectivity index (χ4v) is 1.32. The van der Waals surface area contributed by atoms with Crippen molar-refractivity contribution in [2.45, 2.75) is 0 Å². The molecule has 2 rings (SSSR count). The van der Waals surface area contributed by atoms with E-state index >= 15 is 0 Å². The quantitative estimate of drug-likeness (QED) is 0.862. The lowest BCUT2D eigenvalue weighted by molar-refractivity contribution is 0.0691. The van der Waals surface area contributed by atoms with E-state index in [9.17, 15) is 4.79 Å². The summed E-state index contributed by atoms with van der Waals surface area (Å²) in [6.45, 7) is 0. The smallest absolute Gasteiger partial charge is 0.352 e. The molecule has 0 saturated carbocycles. The zero-order valence-electron chi connectivity index (χ0n) is 8.11. The van der Waals surface area contributed by atoms with E-state index in [0.717, 1.165) is 0 Å². The highest BCUT2D eigenvalue weighted by Gasteiger charge is 2.07. The Morgan fingerprint density at radius 2 is 1.94 bits per heavy atom. The van der Waals surface area contributed by atoms with Crippen molar-refractivity contribution in [3.63, 3.8) is 0 Å². The Hall–Kier alpha value is -1.94. The largest absolute Gasteiger partial charge is 0.477 e. The molecule has 0 saturated heterocycles. The van der Waals surface area contributed by atoms with Crippen molar-refractivity contribution in [3.05, 3.63) is 47.2 Å². The van der Waals surface area contributed by atoms with Gasteiger partial charge < -0.3 is 14.8 Å². The maximum atomic E-state index is 10.6. The molecule has 0 unspecified atom stereocenters. The van der Waals surface area contributed by atoms with E-state index in [1.54, 1.807) is 24.3 Å². The lowest BCUT2D eigenvalue weighted by Gasteiger charge is -2.01. The molecule has 0 aliphatic heterocycles. The number of nitrogens with one attached hydrogen (secondary N) is 1. The highest BCUT2D eigenvalue weighted by atomic mass is 35.5. The standard InChI is InChI=1S/C11H8ClNO3/c12-7-1-3-8(4-2-7)16-9-5-10(11(14)15)13-6-9/h1-6,13H,(H,14,15). The molecule has 0 fully saturated rings. The SMILES string of the molecule is O=C(O)c1cc(Oc2ccc(Cl)cc2)c[nH]1. The van der Waals surface area contributed by atoms with Crippen LogP contribution in [0.4, 0.5) is 0 Å². The third-order valence-corrected chi connectivity index (χ3v) is 2.19. The number of carboxylic acids is 1. The molecular formula is C11H8ClNO3. The van der Waals surface area contributed by atoms with E-state index < -0.39 is 5.97 Å². The van der Waals surface area contributed by atoms with Crippen LogP contribution in [0, 0.1) is 0 Å². The van der Waals surface area contributed by atoms with Crippen LogP contribution in [0.2, 0.25) is 5.02 Å². The number of aromatic carboxylic acids is 1. The molecule has 0 radical (unpaired) electrons. The van der Waals surface area contributed by atoms with Crippen LogP contribution in [-0.2, 0) is 0 Å². The van der Waals surface area contributed by atoms with Crippen LogP contribution in [0.5, 0.6) is 11.5 Å². The third-order valence-electron chi connectivity index (χ3n) is 1.94. The van der Waals surface area contributed by atoms with Gasteiger partial charge in [-0.05, 0) is 24.3 Å². The van der Waals surface area contributed by atoms with E-state index in [-0.39, 0.29) is 5.69 Å². The fraction of sp³-hybridized carbons (Fsp3) is 0. The second-order valence-electron chi connectivity index (χ2n) is 3.11. The zero-order chi connectivity index (χ0) is 11.5. The number of H-pyrrole nitrogens is 1. The Morgan fingerprint density at radius 1 is 1.25 bits per heavy atom. The van der Waals surface area contributed by atoms with Gasteiger partial charge in [-0.3, -0.25) is 0 Å². The van der Waals surface area contributed by atoms with Crippen molar-refractivity contribution in [1.82, 2.24) is 4.98 Å². The number of halogens is 1. The number of benzene rings is 1. The lowest BCUT2D eigenvalue weighted by atomic mass is 10.3. The molecule has 5 heteroatoms. The van der Waals surface area contributed by atoms with Crippen LogP contribution in [0.3, 0.4) is 0 Å². The van der Waals surface area contributed by atoms with Crippen molar-refractivity contribution >= 4 is 17.6 Å². The molecule has 2 N–H and O–H groups in total. The van der Waals surface area contributed by atoms with E-state index in [2.05, 4.69) is 4.98 Å². The first kappa shape index (κ1) is 10.6. The van der Waals surface area contributed by atoms with Crippen LogP contribution in [0.1, 0.15) is 10.5 Å². The molecule has 1 aromatic heterocycles. The zero-order valence-corrected chi connectivity index (χ0v) is 8.86. The summed E-state index contributed by atoms with van der Waals surface area (Å²) in [6, 6.07) is 8.21. The molecule has 0 atom stereocenters. The van der Waals surface area contributed by atoms with Crippen LogP contribution in [0.25, 0.3) is 0 Å². The average Bonchev–Trinajstić information content (AvgIpc) is 2.70. The first-order chi connectivity index (χ1) is 7.65. The molecule has 1 aromatic carbocycles. The van der Waals surface area contributed by atoms with Gasteiger partial charge >= 0.3 is 5.97 Å². The summed E-state index contributed by atoms with van der Waals surface area (Å²) >= 11 is 5.72. The summed E-state index contributed by atoms with van der Waals surface area (Å²) in [6.07, 6.45) is 1.48. The summed E-state index contributed by atoms with van der Waals surface area (Å²) in [4.78, 5) is 13.2. The molecule has 0 aliphatic carbocycles. The van der Waals surface area contributed by atoms with Gasteiger partial charge in [0.05, 0.1) is 0 Å². The number of carbonyl (C=O) groups is 1. The van der Waals surface area contributed by atoms with Gasteiger partial charge in [-0.25, -0.2) is 4.79 Å². The molecule has 0 amide bonds. The summed E-state index contributed by atoms with van der Waals surface area (Å²) < 4.78 is 5.41. The van der Waals surface area contributed by atoms with Crippen molar-refractivity contribution in [2.75, 3.05) is 0 Å². The molecule has 82 valence electrons. The number of ether oxygens (including phenoxy) is 1. The van der Waals surface area contributed by atoms with E-state index in [1.807, 2.05) is 0 Å². The van der Waals surface area contributed by atoms with Gasteiger partial charge in [0.2, 0.25) is 0 Å². The van der Waals surface area contributed by atoms with Gasteiger partial charge in [-0.1, -0.05) is 11.6 Å². The summed E-state index contributed by atoms with van der Waals surface area (Å²) in [5.74, 6) is 0.0195. The minimum Gasteiger partial charge on any atom is -0.477 e. The van der Waals surface area contributed by atoms with E-state index in [4.69, 9.17) is 21.4 Å². The highest BCUT2D eigenvalue weighted by molar-refractivity contribution is 6.30. The Balaban J connectivity index is 2.14. The highest BCUT2D eigenvalue weighted by Crippen LogP contribution is 2.23. The van der Waals surface area contributed by atoms with Crippen molar-refractivity contribution in [2.24, 2.45) is 0 Å². The van der Waals surface area contributed by atoms with Gasteiger partial charge in [-0.2, -0.15) is 0 Å². The molecule has 0 spiro atoms. The first-order valence-electron chi connectivity index (χ1n) is 4.50. The first-order valence-corrected chi connectivity index (χ1v) is 4.88. The molecule has 16 heavy (non-hydrogen) atoms. The predicted molar refractivity (Wildman–Crippen MR) is 59.3 cm³/mol. The van der Waals surface area contributed by atoms with Crippen molar-refractivity contribution in [3.8, 4) is 11.5 Å². The predicted octanol–water partition coefficient (Wildman–Crippen LogP) is 3.16. The Bertz CT molecular complexity index is 504. The molecule has 1 heterocycles. The number of aromatic nitrogens is 1. The van der Waals surface area contributed by atoms with Crippen molar-refractivity contribution < 1.29 is 14.6 Å². The minimum absolute atomic E-state index is 0.0870. The van der Waals surface area contributed by atoms with Crippen LogP contribution < -0.4 is 4.74 Å². The number of hydrogen-bond acceptors (Lipinski definition) is 2. The fourth-order valence-electron chi connectivity index (χ4n) is 1.20. The normalized spacial score (nSPS) is 10.1. The molecule has 4 nitrogen and oxygen atoms in total. The van der Waals surface area contributed by atoms with Crippen LogP contribution in [-0.4, -0.2) is 16.1 Å². The van der Waals surface area contributed by atoms with Gasteiger partial charge in [0.25, 0.3) is 0 Å². The maximum absolute atomic E-state index is 10.6. The average molecular weight is 238 g/mol. The number of rotatable bonds is 3. The topological polar surface area (TPSA) is 62.3 Å². The number of aromatic amines is 1. The van der Waals surface area contributed by atoms with Gasteiger partial charge in [0.15, 0.2) is 0 Å². The Labute approximate surface area is 96.4 Å². The van der Waals surface area contributed by atoms with Gasteiger partial charge in [0, 0.05) is 17.3 Å².